The van der Waals surface area contributed by atoms with E-state index in [2.05, 4.69) is 42.5 Å². The fourth-order valence-corrected chi connectivity index (χ4v) is 2.25. The van der Waals surface area contributed by atoms with E-state index in [1.165, 1.54) is 36.8 Å². The van der Waals surface area contributed by atoms with Crippen LogP contribution in [-0.4, -0.2) is 16.6 Å². The number of hydrogen-bond acceptors (Lipinski definition) is 2. The highest BCUT2D eigenvalue weighted by atomic mass is 28.2. The second-order valence-corrected chi connectivity index (χ2v) is 5.24. The van der Waals surface area contributed by atoms with E-state index in [-0.39, 0.29) is 6.10 Å². The summed E-state index contributed by atoms with van der Waals surface area (Å²) in [5, 5.41) is 0. The van der Waals surface area contributed by atoms with Crippen LogP contribution in [0.25, 0.3) is 0 Å². The summed E-state index contributed by atoms with van der Waals surface area (Å²) in [6.07, 6.45) is 6.33. The number of rotatable bonds is 7. The van der Waals surface area contributed by atoms with E-state index < -0.39 is 0 Å². The lowest BCUT2D eigenvalue weighted by Gasteiger charge is -2.19. The summed E-state index contributed by atoms with van der Waals surface area (Å²) in [7, 11) is 3.15. The van der Waals surface area contributed by atoms with Gasteiger partial charge in [0, 0.05) is 0 Å². The highest BCUT2D eigenvalue weighted by molar-refractivity contribution is 5.98. The van der Waals surface area contributed by atoms with Gasteiger partial charge >= 0.3 is 0 Å². The molecule has 0 N–H and O–H groups in total. The molecular weight excluding hydrogens is 240 g/mol. The lowest BCUT2D eigenvalue weighted by atomic mass is 9.97. The van der Waals surface area contributed by atoms with Crippen molar-refractivity contribution in [3.8, 4) is 5.75 Å². The molecule has 97 valence electrons. The van der Waals surface area contributed by atoms with Crippen molar-refractivity contribution in [1.29, 1.82) is 0 Å². The first-order chi connectivity index (χ1) is 8.76. The van der Waals surface area contributed by atoms with Gasteiger partial charge in [0.1, 0.15) is 5.75 Å². The first-order valence-electron chi connectivity index (χ1n) is 6.87. The third kappa shape index (κ3) is 3.36. The maximum atomic E-state index is 6.02. The highest BCUT2D eigenvalue weighted by Crippen LogP contribution is 2.34. The molecule has 18 heavy (non-hydrogen) atoms. The largest absolute Gasteiger partial charge is 0.490 e. The van der Waals surface area contributed by atoms with Gasteiger partial charge in [-0.1, -0.05) is 25.5 Å². The Hall–Kier alpha value is -0.803. The van der Waals surface area contributed by atoms with E-state index in [1.807, 2.05) is 0 Å². The lowest BCUT2D eigenvalue weighted by Crippen LogP contribution is -2.06. The fraction of sp³-hybridized carbons (Fsp3) is 0.600. The average molecular weight is 261 g/mol. The van der Waals surface area contributed by atoms with Crippen LogP contribution in [0, 0.1) is 0 Å². The van der Waals surface area contributed by atoms with Gasteiger partial charge in [0.25, 0.3) is 0 Å². The van der Waals surface area contributed by atoms with Crippen molar-refractivity contribution in [2.24, 2.45) is 0 Å². The van der Waals surface area contributed by atoms with Crippen LogP contribution < -0.4 is 4.74 Å². The molecule has 1 saturated carbocycles. The van der Waals surface area contributed by atoms with E-state index in [9.17, 15) is 0 Å². The minimum Gasteiger partial charge on any atom is -0.490 e. The Kier molecular flexibility index (Phi) is 4.84. The Morgan fingerprint density at radius 1 is 1.39 bits per heavy atom. The molecule has 0 spiro atoms. The van der Waals surface area contributed by atoms with Gasteiger partial charge in [-0.3, -0.25) is 0 Å². The van der Waals surface area contributed by atoms with Crippen LogP contribution in [-0.2, 0) is 10.8 Å². The summed E-state index contributed by atoms with van der Waals surface area (Å²) in [6, 6.07) is 6.28. The maximum Gasteiger partial charge on any atom is 0.247 e. The molecule has 2 nitrogen and oxygen atoms in total. The molecule has 1 atom stereocenters. The summed E-state index contributed by atoms with van der Waals surface area (Å²) in [4.78, 5) is 0. The van der Waals surface area contributed by atoms with Crippen molar-refractivity contribution in [2.75, 3.05) is 0 Å². The van der Waals surface area contributed by atoms with Gasteiger partial charge in [0.05, 0.1) is 12.2 Å². The van der Waals surface area contributed by atoms with Gasteiger partial charge in [0.15, 0.2) is 0 Å². The van der Waals surface area contributed by atoms with Crippen molar-refractivity contribution >= 4 is 10.5 Å². The normalized spacial score (nSPS) is 16.6. The van der Waals surface area contributed by atoms with Crippen LogP contribution in [0.15, 0.2) is 18.2 Å². The molecule has 1 unspecified atom stereocenters. The van der Waals surface area contributed by atoms with Crippen LogP contribution in [0.4, 0.5) is 0 Å². The minimum atomic E-state index is 0.0521. The van der Waals surface area contributed by atoms with Crippen LogP contribution >= 0.6 is 0 Å². The summed E-state index contributed by atoms with van der Waals surface area (Å²) >= 11 is 0. The van der Waals surface area contributed by atoms with E-state index in [1.54, 1.807) is 0 Å². The second kappa shape index (κ2) is 6.39. The van der Waals surface area contributed by atoms with Gasteiger partial charge in [0.2, 0.25) is 10.5 Å². The van der Waals surface area contributed by atoms with Gasteiger partial charge in [-0.25, -0.2) is 0 Å². The van der Waals surface area contributed by atoms with Gasteiger partial charge in [-0.05, 0) is 49.8 Å². The molecule has 3 radical (unpaired) electrons. The zero-order valence-electron chi connectivity index (χ0n) is 11.2. The Balaban J connectivity index is 2.25. The molecular formula is C15H21O2Si. The molecule has 1 aliphatic rings. The summed E-state index contributed by atoms with van der Waals surface area (Å²) < 4.78 is 11.3. The maximum absolute atomic E-state index is 6.02. The molecule has 0 amide bonds. The second-order valence-electron chi connectivity index (χ2n) is 5.00. The van der Waals surface area contributed by atoms with E-state index >= 15 is 0 Å². The number of unbranched alkanes of at least 4 members (excludes halogenated alkanes) is 1. The monoisotopic (exact) mass is 261 g/mol. The molecule has 0 saturated heterocycles. The van der Waals surface area contributed by atoms with Crippen molar-refractivity contribution in [2.45, 2.75) is 58.2 Å². The van der Waals surface area contributed by atoms with E-state index in [0.717, 1.165) is 12.2 Å². The molecule has 1 aliphatic carbocycles. The first kappa shape index (κ1) is 13.6. The Morgan fingerprint density at radius 2 is 2.17 bits per heavy atom. The molecule has 2 rings (SSSR count). The first-order valence-corrected chi connectivity index (χ1v) is 7.28. The number of hydrogen-bond donors (Lipinski definition) is 0. The van der Waals surface area contributed by atoms with Crippen LogP contribution in [0.2, 0.25) is 0 Å². The predicted octanol–water partition coefficient (Wildman–Crippen LogP) is 3.73. The van der Waals surface area contributed by atoms with Crippen molar-refractivity contribution in [3.05, 3.63) is 29.3 Å². The fourth-order valence-electron chi connectivity index (χ4n) is 2.12. The molecule has 3 heteroatoms. The topological polar surface area (TPSA) is 18.5 Å². The van der Waals surface area contributed by atoms with Crippen LogP contribution in [0.3, 0.4) is 0 Å². The van der Waals surface area contributed by atoms with Crippen molar-refractivity contribution in [1.82, 2.24) is 0 Å². The SMILES string of the molecule is CCCCc1c(OC2CC2)cccc1C(C)O[Si]. The molecule has 1 aromatic carbocycles. The zero-order chi connectivity index (χ0) is 13.0. The van der Waals surface area contributed by atoms with E-state index in [0.29, 0.717) is 6.10 Å². The average Bonchev–Trinajstić information content (AvgIpc) is 3.20. The van der Waals surface area contributed by atoms with E-state index in [4.69, 9.17) is 9.16 Å². The third-order valence-corrected chi connectivity index (χ3v) is 3.74. The quantitative estimate of drug-likeness (QED) is 0.696. The standard InChI is InChI=1S/C15H21O2Si/c1-3-4-6-14-13(11(2)17-18)7-5-8-15(14)16-12-9-10-12/h5,7-8,11-12H,3-4,6,9-10H2,1-2H3. The lowest BCUT2D eigenvalue weighted by molar-refractivity contribution is 0.246. The summed E-state index contributed by atoms with van der Waals surface area (Å²) in [6.45, 7) is 4.27. The van der Waals surface area contributed by atoms with Crippen LogP contribution in [0.5, 0.6) is 5.75 Å². The van der Waals surface area contributed by atoms with Gasteiger partial charge in [-0.2, -0.15) is 0 Å². The number of benzene rings is 1. The van der Waals surface area contributed by atoms with Crippen molar-refractivity contribution < 1.29 is 9.16 Å². The zero-order valence-corrected chi connectivity index (χ0v) is 12.2. The smallest absolute Gasteiger partial charge is 0.247 e. The third-order valence-electron chi connectivity index (χ3n) is 3.38. The summed E-state index contributed by atoms with van der Waals surface area (Å²) in [5.41, 5.74) is 2.55. The predicted molar refractivity (Wildman–Crippen MR) is 74.0 cm³/mol. The van der Waals surface area contributed by atoms with Gasteiger partial charge < -0.3 is 9.16 Å². The highest BCUT2D eigenvalue weighted by Gasteiger charge is 2.25. The van der Waals surface area contributed by atoms with Crippen LogP contribution in [0.1, 0.15) is 56.8 Å². The molecule has 1 fully saturated rings. The Bertz CT molecular complexity index is 388. The Labute approximate surface area is 113 Å². The molecule has 0 bridgehead atoms. The minimum absolute atomic E-state index is 0.0521. The molecule has 0 heterocycles. The summed E-state index contributed by atoms with van der Waals surface area (Å²) in [5.74, 6) is 1.05. The molecule has 0 aromatic heterocycles. The van der Waals surface area contributed by atoms with Crippen molar-refractivity contribution in [3.63, 3.8) is 0 Å². The number of ether oxygens (including phenoxy) is 1. The molecule has 1 aromatic rings. The van der Waals surface area contributed by atoms with Gasteiger partial charge in [-0.15, -0.1) is 0 Å². The Morgan fingerprint density at radius 3 is 2.78 bits per heavy atom. The molecule has 0 aliphatic heterocycles.